The van der Waals surface area contributed by atoms with Crippen LogP contribution in [0.3, 0.4) is 0 Å². The Bertz CT molecular complexity index is 282. The highest BCUT2D eigenvalue weighted by atomic mass is 16.7. The largest absolute Gasteiger partial charge is 0.467 e. The van der Waals surface area contributed by atoms with Gasteiger partial charge in [-0.1, -0.05) is 26.0 Å². The van der Waals surface area contributed by atoms with Crippen molar-refractivity contribution >= 4 is 0 Å². The summed E-state index contributed by atoms with van der Waals surface area (Å²) in [5.74, 6) is 0.937. The van der Waals surface area contributed by atoms with Gasteiger partial charge in [0.2, 0.25) is 0 Å². The molecule has 14 heavy (non-hydrogen) atoms. The van der Waals surface area contributed by atoms with E-state index in [0.717, 1.165) is 18.6 Å². The third-order valence-corrected chi connectivity index (χ3v) is 2.25. The van der Waals surface area contributed by atoms with Crippen molar-refractivity contribution in [1.82, 2.24) is 0 Å². The van der Waals surface area contributed by atoms with Crippen molar-refractivity contribution < 1.29 is 9.47 Å². The summed E-state index contributed by atoms with van der Waals surface area (Å²) in [6.45, 7) is 4.61. The van der Waals surface area contributed by atoms with Crippen LogP contribution in [0, 0.1) is 0 Å². The number of hydrogen-bond donors (Lipinski definition) is 0. The lowest BCUT2D eigenvalue weighted by Crippen LogP contribution is -2.01. The predicted octanol–water partition coefficient (Wildman–Crippen LogP) is 2.79. The Morgan fingerprint density at radius 3 is 2.50 bits per heavy atom. The van der Waals surface area contributed by atoms with Gasteiger partial charge in [0.25, 0.3) is 0 Å². The molecule has 1 rings (SSSR count). The van der Waals surface area contributed by atoms with Gasteiger partial charge in [0, 0.05) is 7.11 Å². The summed E-state index contributed by atoms with van der Waals surface area (Å²) in [4.78, 5) is 0. The molecule has 0 amide bonds. The molecule has 78 valence electrons. The van der Waals surface area contributed by atoms with E-state index in [0.29, 0.717) is 6.79 Å². The van der Waals surface area contributed by atoms with E-state index in [1.807, 2.05) is 6.07 Å². The smallest absolute Gasteiger partial charge is 0.188 e. The molecule has 2 heteroatoms. The van der Waals surface area contributed by atoms with Crippen LogP contribution >= 0.6 is 0 Å². The Hall–Kier alpha value is -1.02. The number of hydrogen-bond acceptors (Lipinski definition) is 2. The van der Waals surface area contributed by atoms with Crippen LogP contribution in [0.1, 0.15) is 25.0 Å². The summed E-state index contributed by atoms with van der Waals surface area (Å²) in [5, 5.41) is 0. The van der Waals surface area contributed by atoms with Crippen molar-refractivity contribution in [3.8, 4) is 5.75 Å². The lowest BCUT2D eigenvalue weighted by Gasteiger charge is -2.10. The van der Waals surface area contributed by atoms with Crippen LogP contribution in [0.4, 0.5) is 0 Å². The van der Waals surface area contributed by atoms with E-state index in [2.05, 4.69) is 26.0 Å². The van der Waals surface area contributed by atoms with E-state index >= 15 is 0 Å². The molecule has 1 aromatic carbocycles. The Morgan fingerprint density at radius 1 is 1.14 bits per heavy atom. The van der Waals surface area contributed by atoms with Crippen LogP contribution in [-0.4, -0.2) is 13.9 Å². The minimum Gasteiger partial charge on any atom is -0.467 e. The second kappa shape index (κ2) is 5.66. The van der Waals surface area contributed by atoms with E-state index < -0.39 is 0 Å². The molecule has 0 aromatic heterocycles. The van der Waals surface area contributed by atoms with E-state index in [1.165, 1.54) is 11.1 Å². The normalized spacial score (nSPS) is 10.2. The SMILES string of the molecule is CCc1ccc(OCOC)c(CC)c1. The fourth-order valence-corrected chi connectivity index (χ4v) is 1.39. The molecule has 0 fully saturated rings. The molecule has 0 spiro atoms. The monoisotopic (exact) mass is 194 g/mol. The van der Waals surface area contributed by atoms with Gasteiger partial charge in [0.05, 0.1) is 0 Å². The summed E-state index contributed by atoms with van der Waals surface area (Å²) in [6, 6.07) is 6.33. The summed E-state index contributed by atoms with van der Waals surface area (Å²) >= 11 is 0. The zero-order valence-electron chi connectivity index (χ0n) is 9.17. The first-order valence-corrected chi connectivity index (χ1v) is 5.05. The Kier molecular flexibility index (Phi) is 4.47. The molecular formula is C12H18O2. The fraction of sp³-hybridized carbons (Fsp3) is 0.500. The molecule has 2 nitrogen and oxygen atoms in total. The lowest BCUT2D eigenvalue weighted by atomic mass is 10.1. The molecule has 0 N–H and O–H groups in total. The maximum absolute atomic E-state index is 5.45. The fourth-order valence-electron chi connectivity index (χ4n) is 1.39. The van der Waals surface area contributed by atoms with Crippen LogP contribution < -0.4 is 4.74 Å². The highest BCUT2D eigenvalue weighted by molar-refractivity contribution is 5.37. The van der Waals surface area contributed by atoms with E-state index in [9.17, 15) is 0 Å². The summed E-state index contributed by atoms with van der Waals surface area (Å²) in [6.07, 6.45) is 2.06. The molecule has 0 aliphatic heterocycles. The molecule has 0 radical (unpaired) electrons. The zero-order valence-corrected chi connectivity index (χ0v) is 9.17. The van der Waals surface area contributed by atoms with Crippen molar-refractivity contribution in [2.45, 2.75) is 26.7 Å². The third kappa shape index (κ3) is 2.74. The molecule has 0 heterocycles. The first-order chi connectivity index (χ1) is 6.81. The summed E-state index contributed by atoms with van der Waals surface area (Å²) in [7, 11) is 1.63. The molecule has 0 atom stereocenters. The first-order valence-electron chi connectivity index (χ1n) is 5.05. The van der Waals surface area contributed by atoms with Gasteiger partial charge in [-0.2, -0.15) is 0 Å². The molecule has 0 saturated heterocycles. The molecule has 0 saturated carbocycles. The average Bonchev–Trinajstić information content (AvgIpc) is 2.26. The van der Waals surface area contributed by atoms with Gasteiger partial charge in [-0.3, -0.25) is 0 Å². The van der Waals surface area contributed by atoms with Crippen molar-refractivity contribution in [3.05, 3.63) is 29.3 Å². The quantitative estimate of drug-likeness (QED) is 0.671. The molecular weight excluding hydrogens is 176 g/mol. The maximum atomic E-state index is 5.45. The Balaban J connectivity index is 2.82. The van der Waals surface area contributed by atoms with Crippen molar-refractivity contribution in [2.75, 3.05) is 13.9 Å². The number of aryl methyl sites for hydroxylation is 2. The van der Waals surface area contributed by atoms with Gasteiger partial charge in [-0.05, 0) is 30.0 Å². The number of benzene rings is 1. The van der Waals surface area contributed by atoms with Crippen molar-refractivity contribution in [1.29, 1.82) is 0 Å². The van der Waals surface area contributed by atoms with Crippen LogP contribution in [0.25, 0.3) is 0 Å². The predicted molar refractivity (Wildman–Crippen MR) is 57.7 cm³/mol. The maximum Gasteiger partial charge on any atom is 0.188 e. The topological polar surface area (TPSA) is 18.5 Å². The number of rotatable bonds is 5. The lowest BCUT2D eigenvalue weighted by molar-refractivity contribution is 0.0504. The van der Waals surface area contributed by atoms with Crippen LogP contribution in [0.15, 0.2) is 18.2 Å². The van der Waals surface area contributed by atoms with E-state index in [1.54, 1.807) is 7.11 Å². The van der Waals surface area contributed by atoms with E-state index in [-0.39, 0.29) is 0 Å². The second-order valence-corrected chi connectivity index (χ2v) is 3.20. The minimum absolute atomic E-state index is 0.318. The van der Waals surface area contributed by atoms with Gasteiger partial charge in [0.15, 0.2) is 6.79 Å². The molecule has 0 aliphatic carbocycles. The van der Waals surface area contributed by atoms with Gasteiger partial charge >= 0.3 is 0 Å². The molecule has 0 bridgehead atoms. The van der Waals surface area contributed by atoms with Crippen LogP contribution in [0.2, 0.25) is 0 Å². The van der Waals surface area contributed by atoms with Gasteiger partial charge in [-0.25, -0.2) is 0 Å². The van der Waals surface area contributed by atoms with Gasteiger partial charge in [-0.15, -0.1) is 0 Å². The highest BCUT2D eigenvalue weighted by Gasteiger charge is 2.02. The highest BCUT2D eigenvalue weighted by Crippen LogP contribution is 2.21. The van der Waals surface area contributed by atoms with Crippen molar-refractivity contribution in [3.63, 3.8) is 0 Å². The molecule has 0 aliphatic rings. The van der Waals surface area contributed by atoms with Crippen LogP contribution in [-0.2, 0) is 17.6 Å². The third-order valence-electron chi connectivity index (χ3n) is 2.25. The van der Waals surface area contributed by atoms with E-state index in [4.69, 9.17) is 9.47 Å². The minimum atomic E-state index is 0.318. The number of methoxy groups -OCH3 is 1. The summed E-state index contributed by atoms with van der Waals surface area (Å²) in [5.41, 5.74) is 2.60. The zero-order chi connectivity index (χ0) is 10.4. The van der Waals surface area contributed by atoms with Crippen molar-refractivity contribution in [2.24, 2.45) is 0 Å². The standard InChI is InChI=1S/C12H18O2/c1-4-10-6-7-12(14-9-13-3)11(5-2)8-10/h6-8H,4-5,9H2,1-3H3. The second-order valence-electron chi connectivity index (χ2n) is 3.20. The number of ether oxygens (including phenoxy) is 2. The molecule has 0 unspecified atom stereocenters. The average molecular weight is 194 g/mol. The van der Waals surface area contributed by atoms with Gasteiger partial charge < -0.3 is 9.47 Å². The Morgan fingerprint density at radius 2 is 1.93 bits per heavy atom. The summed E-state index contributed by atoms with van der Waals surface area (Å²) < 4.78 is 10.3. The Labute approximate surface area is 85.8 Å². The molecule has 1 aromatic rings. The van der Waals surface area contributed by atoms with Gasteiger partial charge in [0.1, 0.15) is 5.75 Å². The first kappa shape index (κ1) is 11.1. The van der Waals surface area contributed by atoms with Crippen LogP contribution in [0.5, 0.6) is 5.75 Å².